The number of nitrogens with zero attached hydrogens (tertiary/aromatic N) is 1. The van der Waals surface area contributed by atoms with Crippen LogP contribution in [0.1, 0.15) is 194 Å². The highest BCUT2D eigenvalue weighted by Crippen LogP contribution is 2.10. The van der Waals surface area contributed by atoms with Crippen LogP contribution in [0.4, 0.5) is 0 Å². The first kappa shape index (κ1) is 52.4. The number of carbonyl (C=O) groups is 3. The summed E-state index contributed by atoms with van der Waals surface area (Å²) in [6.45, 7) is 6.25. The van der Waals surface area contributed by atoms with Gasteiger partial charge < -0.3 is 19.5 Å². The molecular formula is C46H83NO6. The van der Waals surface area contributed by atoms with Crippen molar-refractivity contribution in [3.63, 3.8) is 0 Å². The number of rotatable bonds is 37. The van der Waals surface area contributed by atoms with Crippen molar-refractivity contribution in [2.75, 3.05) is 33.9 Å². The highest BCUT2D eigenvalue weighted by Gasteiger charge is 2.09. The van der Waals surface area contributed by atoms with E-state index in [1.165, 1.54) is 116 Å². The molecule has 0 fully saturated rings. The van der Waals surface area contributed by atoms with Gasteiger partial charge in [0.1, 0.15) is 0 Å². The van der Waals surface area contributed by atoms with Gasteiger partial charge in [0, 0.05) is 6.42 Å². The molecule has 0 aromatic carbocycles. The Hall–Kier alpha value is -2.67. The summed E-state index contributed by atoms with van der Waals surface area (Å²) >= 11 is 0. The Morgan fingerprint density at radius 3 is 1.13 bits per heavy atom. The van der Waals surface area contributed by atoms with Gasteiger partial charge >= 0.3 is 17.9 Å². The van der Waals surface area contributed by atoms with E-state index in [1.54, 1.807) is 0 Å². The topological polar surface area (TPSA) is 93.1 Å². The number of unbranched alkanes of at least 4 members (excludes halogenated alkanes) is 18. The van der Waals surface area contributed by atoms with Crippen LogP contribution in [0.5, 0.6) is 0 Å². The highest BCUT2D eigenvalue weighted by molar-refractivity contribution is 5.77. The van der Waals surface area contributed by atoms with Crippen LogP contribution in [0.25, 0.3) is 0 Å². The number of carboxylic acids is 1. The summed E-state index contributed by atoms with van der Waals surface area (Å²) in [6.07, 6.45) is 48.2. The van der Waals surface area contributed by atoms with Gasteiger partial charge in [-0.3, -0.25) is 14.4 Å². The van der Waals surface area contributed by atoms with Gasteiger partial charge in [-0.1, -0.05) is 140 Å². The van der Waals surface area contributed by atoms with E-state index >= 15 is 0 Å². The van der Waals surface area contributed by atoms with Gasteiger partial charge in [0.25, 0.3) is 0 Å². The summed E-state index contributed by atoms with van der Waals surface area (Å²) in [5.41, 5.74) is 0. The van der Waals surface area contributed by atoms with Crippen LogP contribution in [0, 0.1) is 0 Å². The second kappa shape index (κ2) is 45.5. The lowest BCUT2D eigenvalue weighted by Crippen LogP contribution is -2.13. The average molecular weight is 746 g/mol. The second-order valence-corrected chi connectivity index (χ2v) is 14.4. The molecule has 0 spiro atoms. The molecule has 0 radical (unpaired) electrons. The van der Waals surface area contributed by atoms with Crippen molar-refractivity contribution in [1.29, 1.82) is 0 Å². The molecule has 53 heavy (non-hydrogen) atoms. The Balaban J connectivity index is 0. The zero-order valence-corrected chi connectivity index (χ0v) is 35.0. The van der Waals surface area contributed by atoms with Crippen molar-refractivity contribution in [3.8, 4) is 0 Å². The molecule has 308 valence electrons. The van der Waals surface area contributed by atoms with Crippen LogP contribution in [0.2, 0.25) is 0 Å². The molecule has 0 rings (SSSR count). The Kier molecular flexibility index (Phi) is 45.0. The number of hydrogen-bond acceptors (Lipinski definition) is 6. The lowest BCUT2D eigenvalue weighted by atomic mass is 10.1. The fourth-order valence-electron chi connectivity index (χ4n) is 5.45. The van der Waals surface area contributed by atoms with Crippen LogP contribution in [-0.4, -0.2) is 61.8 Å². The largest absolute Gasteiger partial charge is 0.481 e. The van der Waals surface area contributed by atoms with Crippen molar-refractivity contribution in [3.05, 3.63) is 48.6 Å². The molecular weight excluding hydrogens is 663 g/mol. The lowest BCUT2D eigenvalue weighted by Gasteiger charge is -2.06. The lowest BCUT2D eigenvalue weighted by molar-refractivity contribution is -0.150. The predicted octanol–water partition coefficient (Wildman–Crippen LogP) is 12.9. The molecule has 7 nitrogen and oxygen atoms in total. The first-order valence-electron chi connectivity index (χ1n) is 21.6. The first-order chi connectivity index (χ1) is 25.8. The van der Waals surface area contributed by atoms with E-state index in [0.717, 1.165) is 51.5 Å². The maximum absolute atomic E-state index is 11.9. The van der Waals surface area contributed by atoms with E-state index in [-0.39, 0.29) is 31.2 Å². The number of aliphatic carboxylic acids is 1. The average Bonchev–Trinajstić information content (AvgIpc) is 3.13. The molecule has 0 heterocycles. The molecule has 0 aliphatic carbocycles. The van der Waals surface area contributed by atoms with Crippen molar-refractivity contribution >= 4 is 17.9 Å². The highest BCUT2D eigenvalue weighted by atomic mass is 16.5. The number of carbonyl (C=O) groups excluding carboxylic acids is 2. The van der Waals surface area contributed by atoms with Gasteiger partial charge in [-0.25, -0.2) is 0 Å². The van der Waals surface area contributed by atoms with Crippen LogP contribution in [0.3, 0.4) is 0 Å². The van der Waals surface area contributed by atoms with Crippen molar-refractivity contribution < 1.29 is 29.0 Å². The summed E-state index contributed by atoms with van der Waals surface area (Å²) in [5.74, 6) is -1.30. The maximum atomic E-state index is 11.9. The third-order valence-electron chi connectivity index (χ3n) is 8.75. The molecule has 0 aromatic heterocycles. The van der Waals surface area contributed by atoms with E-state index in [0.29, 0.717) is 13.2 Å². The minimum atomic E-state index is -0.711. The molecule has 0 bridgehead atoms. The van der Waals surface area contributed by atoms with Crippen LogP contribution in [0.15, 0.2) is 48.6 Å². The fourth-order valence-corrected chi connectivity index (χ4v) is 5.45. The monoisotopic (exact) mass is 746 g/mol. The van der Waals surface area contributed by atoms with Crippen LogP contribution < -0.4 is 0 Å². The second-order valence-electron chi connectivity index (χ2n) is 14.4. The smallest absolute Gasteiger partial charge is 0.306 e. The van der Waals surface area contributed by atoms with Crippen LogP contribution in [-0.2, 0) is 23.9 Å². The summed E-state index contributed by atoms with van der Waals surface area (Å²) < 4.78 is 10.6. The molecule has 0 amide bonds. The molecule has 0 atom stereocenters. The molecule has 0 aliphatic rings. The van der Waals surface area contributed by atoms with Crippen LogP contribution >= 0.6 is 0 Å². The number of esters is 2. The predicted molar refractivity (Wildman–Crippen MR) is 225 cm³/mol. The zero-order chi connectivity index (χ0) is 39.3. The van der Waals surface area contributed by atoms with E-state index < -0.39 is 5.97 Å². The summed E-state index contributed by atoms with van der Waals surface area (Å²) in [7, 11) is 3.86. The van der Waals surface area contributed by atoms with Gasteiger partial charge in [-0.2, -0.15) is 0 Å². The van der Waals surface area contributed by atoms with E-state index in [9.17, 15) is 14.4 Å². The third kappa shape index (κ3) is 51.5. The Morgan fingerprint density at radius 1 is 0.453 bits per heavy atom. The quantitative estimate of drug-likeness (QED) is 0.0384. The maximum Gasteiger partial charge on any atom is 0.306 e. The minimum absolute atomic E-state index is 0.116. The first-order valence-corrected chi connectivity index (χ1v) is 21.6. The van der Waals surface area contributed by atoms with Crippen molar-refractivity contribution in [1.82, 2.24) is 4.90 Å². The summed E-state index contributed by atoms with van der Waals surface area (Å²) in [6, 6.07) is 0. The number of ether oxygens (including phenoxy) is 2. The number of allylic oxidation sites excluding steroid dienone is 8. The molecule has 1 N–H and O–H groups in total. The minimum Gasteiger partial charge on any atom is -0.481 e. The van der Waals surface area contributed by atoms with E-state index in [2.05, 4.69) is 62.5 Å². The molecule has 0 saturated heterocycles. The van der Waals surface area contributed by atoms with Gasteiger partial charge in [0.2, 0.25) is 0 Å². The van der Waals surface area contributed by atoms with Crippen molar-refractivity contribution in [2.24, 2.45) is 0 Å². The zero-order valence-electron chi connectivity index (χ0n) is 35.0. The van der Waals surface area contributed by atoms with Crippen molar-refractivity contribution in [2.45, 2.75) is 194 Å². The molecule has 0 unspecified atom stereocenters. The Labute approximate surface area is 327 Å². The molecule has 0 aliphatic heterocycles. The number of hydrogen-bond donors (Lipinski definition) is 1. The number of carboxylic acid groups (broad SMARTS) is 1. The fraction of sp³-hybridized carbons (Fsp3) is 0.761. The standard InChI is InChI=1S/C40H70O4.C6H13NO2/c1-3-5-7-9-11-13-15-17-19-21-23-25-27-29-31-33-37-43-39(41)35-36-40(42)44-38-34-32-30-28-26-24-22-20-18-16-14-12-10-8-6-4-2;1-7(2)5-3-4-6(8)9/h11-14,17-20H,3-10,15-16,21-38H2,1-2H3;3-5H2,1-2H3,(H,8,9)/b13-11-,14-12-,19-17-,20-18-;. The Morgan fingerprint density at radius 2 is 0.792 bits per heavy atom. The van der Waals surface area contributed by atoms with Gasteiger partial charge in [-0.15, -0.1) is 0 Å². The van der Waals surface area contributed by atoms with E-state index in [4.69, 9.17) is 14.6 Å². The summed E-state index contributed by atoms with van der Waals surface area (Å²) in [4.78, 5) is 35.7. The molecule has 7 heteroatoms. The van der Waals surface area contributed by atoms with Gasteiger partial charge in [-0.05, 0) is 104 Å². The SMILES string of the molecule is CCCCC/C=C\C/C=C\CCCCCCCCOC(=O)CCC(=O)OCCCCCCCC/C=C\C/C=C\CCCCC.CN(C)CCCC(=O)O. The summed E-state index contributed by atoms with van der Waals surface area (Å²) in [5, 5.41) is 8.21. The third-order valence-corrected chi connectivity index (χ3v) is 8.75. The molecule has 0 aromatic rings. The van der Waals surface area contributed by atoms with Gasteiger partial charge in [0.15, 0.2) is 0 Å². The van der Waals surface area contributed by atoms with E-state index in [1.807, 2.05) is 19.0 Å². The Bertz CT molecular complexity index is 861. The normalized spacial score (nSPS) is 11.6. The molecule has 0 saturated carbocycles. The van der Waals surface area contributed by atoms with Gasteiger partial charge in [0.05, 0.1) is 26.1 Å².